The molecule has 0 aliphatic rings. The van der Waals surface area contributed by atoms with Crippen LogP contribution in [0.5, 0.6) is 0 Å². The van der Waals surface area contributed by atoms with Gasteiger partial charge in [0.1, 0.15) is 0 Å². The van der Waals surface area contributed by atoms with E-state index in [0.717, 1.165) is 11.4 Å². The van der Waals surface area contributed by atoms with Gasteiger partial charge in [-0.2, -0.15) is 0 Å². The fourth-order valence-electron chi connectivity index (χ4n) is 2.19. The van der Waals surface area contributed by atoms with E-state index in [9.17, 15) is 0 Å². The van der Waals surface area contributed by atoms with E-state index in [1.54, 1.807) is 0 Å². The summed E-state index contributed by atoms with van der Waals surface area (Å²) in [7, 11) is 0. The summed E-state index contributed by atoms with van der Waals surface area (Å²) in [6.45, 7) is 2.10. The van der Waals surface area contributed by atoms with Crippen LogP contribution in [0, 0.1) is 10.5 Å². The second-order valence-corrected chi connectivity index (χ2v) is 6.32. The van der Waals surface area contributed by atoms with Gasteiger partial charge in [0.05, 0.1) is 0 Å². The van der Waals surface area contributed by atoms with Crippen molar-refractivity contribution < 1.29 is 0 Å². The maximum Gasteiger partial charge on any atom is 0.0384 e. The zero-order valence-electron chi connectivity index (χ0n) is 11.8. The molecule has 0 heterocycles. The van der Waals surface area contributed by atoms with Gasteiger partial charge in [-0.3, -0.25) is 0 Å². The maximum atomic E-state index is 3.42. The molecule has 21 heavy (non-hydrogen) atoms. The third kappa shape index (κ3) is 3.64. The van der Waals surface area contributed by atoms with E-state index in [-0.39, 0.29) is 0 Å². The number of aryl methyl sites for hydroxylation is 1. The maximum absolute atomic E-state index is 3.42. The monoisotopic (exact) mass is 385 g/mol. The SMILES string of the molecule is Cc1ccc(Nc2ccc(-c3ccc(I)cc3)cc2)cc1. The topological polar surface area (TPSA) is 12.0 Å². The zero-order chi connectivity index (χ0) is 14.7. The molecule has 0 unspecified atom stereocenters. The number of anilines is 2. The molecule has 0 aliphatic carbocycles. The van der Waals surface area contributed by atoms with Gasteiger partial charge in [0.25, 0.3) is 0 Å². The van der Waals surface area contributed by atoms with Crippen molar-refractivity contribution >= 4 is 34.0 Å². The minimum absolute atomic E-state index is 1.10. The van der Waals surface area contributed by atoms with Gasteiger partial charge < -0.3 is 5.32 Å². The molecule has 0 saturated heterocycles. The first-order valence-corrected chi connectivity index (χ1v) is 7.98. The van der Waals surface area contributed by atoms with Gasteiger partial charge in [-0.25, -0.2) is 0 Å². The molecule has 0 radical (unpaired) electrons. The Hall–Kier alpha value is -1.81. The molecule has 0 spiro atoms. The molecule has 3 rings (SSSR count). The Bertz CT molecular complexity index is 713. The van der Waals surface area contributed by atoms with Crippen LogP contribution in [0.4, 0.5) is 11.4 Å². The molecule has 0 amide bonds. The van der Waals surface area contributed by atoms with Gasteiger partial charge >= 0.3 is 0 Å². The van der Waals surface area contributed by atoms with Crippen LogP contribution in [0.15, 0.2) is 72.8 Å². The van der Waals surface area contributed by atoms with Gasteiger partial charge in [0, 0.05) is 14.9 Å². The van der Waals surface area contributed by atoms with Crippen LogP contribution in [-0.4, -0.2) is 0 Å². The highest BCUT2D eigenvalue weighted by Crippen LogP contribution is 2.24. The molecule has 3 aromatic carbocycles. The predicted octanol–water partition coefficient (Wildman–Crippen LogP) is 6.01. The molecule has 0 aliphatic heterocycles. The second-order valence-electron chi connectivity index (χ2n) is 5.08. The normalized spacial score (nSPS) is 10.4. The number of rotatable bonds is 3. The summed E-state index contributed by atoms with van der Waals surface area (Å²) in [5.41, 5.74) is 5.98. The van der Waals surface area contributed by atoms with E-state index in [0.29, 0.717) is 0 Å². The molecule has 0 fully saturated rings. The average Bonchev–Trinajstić information content (AvgIpc) is 2.51. The van der Waals surface area contributed by atoms with Gasteiger partial charge in [0.15, 0.2) is 0 Å². The average molecular weight is 385 g/mol. The summed E-state index contributed by atoms with van der Waals surface area (Å²) in [6.07, 6.45) is 0. The molecule has 0 aromatic heterocycles. The third-order valence-corrected chi connectivity index (χ3v) is 4.12. The van der Waals surface area contributed by atoms with Crippen LogP contribution in [0.25, 0.3) is 11.1 Å². The lowest BCUT2D eigenvalue weighted by Gasteiger charge is -2.08. The fraction of sp³-hybridized carbons (Fsp3) is 0.0526. The molecule has 0 saturated carbocycles. The van der Waals surface area contributed by atoms with Gasteiger partial charge in [-0.1, -0.05) is 42.0 Å². The molecule has 2 heteroatoms. The number of hydrogen-bond donors (Lipinski definition) is 1. The van der Waals surface area contributed by atoms with Crippen LogP contribution in [0.1, 0.15) is 5.56 Å². The number of benzene rings is 3. The quantitative estimate of drug-likeness (QED) is 0.545. The van der Waals surface area contributed by atoms with Crippen molar-refractivity contribution in [2.24, 2.45) is 0 Å². The summed E-state index contributed by atoms with van der Waals surface area (Å²) < 4.78 is 1.26. The van der Waals surface area contributed by atoms with Gasteiger partial charge in [-0.05, 0) is 77.0 Å². The first-order valence-electron chi connectivity index (χ1n) is 6.90. The van der Waals surface area contributed by atoms with Crippen LogP contribution >= 0.6 is 22.6 Å². The van der Waals surface area contributed by atoms with Crippen LogP contribution in [0.3, 0.4) is 0 Å². The first kappa shape index (κ1) is 14.1. The Kier molecular flexibility index (Phi) is 4.25. The number of halogens is 1. The Morgan fingerprint density at radius 3 is 1.57 bits per heavy atom. The van der Waals surface area contributed by atoms with E-state index >= 15 is 0 Å². The summed E-state index contributed by atoms with van der Waals surface area (Å²) in [5, 5.41) is 3.42. The summed E-state index contributed by atoms with van der Waals surface area (Å²) in [4.78, 5) is 0. The third-order valence-electron chi connectivity index (χ3n) is 3.40. The highest BCUT2D eigenvalue weighted by molar-refractivity contribution is 14.1. The van der Waals surface area contributed by atoms with Crippen molar-refractivity contribution in [3.63, 3.8) is 0 Å². The van der Waals surface area contributed by atoms with Crippen molar-refractivity contribution in [3.8, 4) is 11.1 Å². The summed E-state index contributed by atoms with van der Waals surface area (Å²) in [5.74, 6) is 0. The van der Waals surface area contributed by atoms with Crippen molar-refractivity contribution in [2.45, 2.75) is 6.92 Å². The van der Waals surface area contributed by atoms with Gasteiger partial charge in [0.2, 0.25) is 0 Å². The highest BCUT2D eigenvalue weighted by Gasteiger charge is 1.99. The minimum atomic E-state index is 1.10. The zero-order valence-corrected chi connectivity index (χ0v) is 14.0. The molecule has 1 nitrogen and oxygen atoms in total. The Morgan fingerprint density at radius 2 is 1.05 bits per heavy atom. The predicted molar refractivity (Wildman–Crippen MR) is 99.1 cm³/mol. The fourth-order valence-corrected chi connectivity index (χ4v) is 2.55. The van der Waals surface area contributed by atoms with E-state index in [1.165, 1.54) is 20.3 Å². The number of hydrogen-bond acceptors (Lipinski definition) is 1. The molecular weight excluding hydrogens is 369 g/mol. The second kappa shape index (κ2) is 6.31. The Labute approximate surface area is 139 Å². The largest absolute Gasteiger partial charge is 0.356 e. The Morgan fingerprint density at radius 1 is 0.619 bits per heavy atom. The number of nitrogens with one attached hydrogen (secondary N) is 1. The lowest BCUT2D eigenvalue weighted by molar-refractivity contribution is 1.45. The van der Waals surface area contributed by atoms with Crippen LogP contribution < -0.4 is 5.32 Å². The van der Waals surface area contributed by atoms with E-state index in [4.69, 9.17) is 0 Å². The molecule has 1 N–H and O–H groups in total. The van der Waals surface area contributed by atoms with Gasteiger partial charge in [-0.15, -0.1) is 0 Å². The van der Waals surface area contributed by atoms with Crippen LogP contribution in [-0.2, 0) is 0 Å². The Balaban J connectivity index is 1.77. The molecule has 0 bridgehead atoms. The van der Waals surface area contributed by atoms with Crippen molar-refractivity contribution in [2.75, 3.05) is 5.32 Å². The lowest BCUT2D eigenvalue weighted by Crippen LogP contribution is -1.90. The smallest absolute Gasteiger partial charge is 0.0384 e. The standard InChI is InChI=1S/C19H16IN/c1-14-2-10-18(11-3-14)21-19-12-6-16(7-13-19)15-4-8-17(20)9-5-15/h2-13,21H,1H3. The van der Waals surface area contributed by atoms with E-state index in [2.05, 4.69) is 108 Å². The molecule has 0 atom stereocenters. The van der Waals surface area contributed by atoms with E-state index < -0.39 is 0 Å². The van der Waals surface area contributed by atoms with Crippen LogP contribution in [0.2, 0.25) is 0 Å². The van der Waals surface area contributed by atoms with Crippen molar-refractivity contribution in [3.05, 3.63) is 81.9 Å². The molecule has 104 valence electrons. The lowest BCUT2D eigenvalue weighted by atomic mass is 10.1. The molecule has 3 aromatic rings. The highest BCUT2D eigenvalue weighted by atomic mass is 127. The molecular formula is C19H16IN. The van der Waals surface area contributed by atoms with Crippen molar-refractivity contribution in [1.29, 1.82) is 0 Å². The van der Waals surface area contributed by atoms with Crippen molar-refractivity contribution in [1.82, 2.24) is 0 Å². The first-order chi connectivity index (χ1) is 10.2. The summed E-state index contributed by atoms with van der Waals surface area (Å²) in [6, 6.07) is 25.5. The summed E-state index contributed by atoms with van der Waals surface area (Å²) >= 11 is 2.33. The minimum Gasteiger partial charge on any atom is -0.356 e. The van der Waals surface area contributed by atoms with E-state index in [1.807, 2.05) is 0 Å².